The van der Waals surface area contributed by atoms with E-state index < -0.39 is 0 Å². The van der Waals surface area contributed by atoms with Gasteiger partial charge in [-0.05, 0) is 12.5 Å². The second-order valence-electron chi connectivity index (χ2n) is 5.04. The van der Waals surface area contributed by atoms with Gasteiger partial charge in [0.1, 0.15) is 6.54 Å². The quantitative estimate of drug-likeness (QED) is 0.246. The van der Waals surface area contributed by atoms with E-state index in [-0.39, 0.29) is 10.6 Å². The molecule has 0 aromatic heterocycles. The van der Waals surface area contributed by atoms with Crippen LogP contribution in [0.4, 0.5) is 11.4 Å². The van der Waals surface area contributed by atoms with Crippen LogP contribution in [0.5, 0.6) is 0 Å². The summed E-state index contributed by atoms with van der Waals surface area (Å²) in [4.78, 5) is 10.4. The maximum atomic E-state index is 10.8. The van der Waals surface area contributed by atoms with E-state index in [0.717, 1.165) is 24.4 Å². The summed E-state index contributed by atoms with van der Waals surface area (Å²) in [5.74, 6) is 0.924. The zero-order chi connectivity index (χ0) is 16.7. The molecule has 2 rings (SSSR count). The first kappa shape index (κ1) is 17.2. The topological polar surface area (TPSA) is 46.1 Å². The second kappa shape index (κ2) is 8.48. The third-order valence-corrected chi connectivity index (χ3v) is 4.86. The molecule has 4 nitrogen and oxygen atoms in total. The maximum Gasteiger partial charge on any atom is 0.269 e. The van der Waals surface area contributed by atoms with E-state index in [4.69, 9.17) is 0 Å². The predicted octanol–water partition coefficient (Wildman–Crippen LogP) is 5.00. The molecule has 0 fully saturated rings. The number of thioether (sulfide) groups is 1. The van der Waals surface area contributed by atoms with Crippen molar-refractivity contribution in [2.24, 2.45) is 0 Å². The lowest BCUT2D eigenvalue weighted by atomic mass is 10.2. The maximum absolute atomic E-state index is 10.8. The normalized spacial score (nSPS) is 11.9. The van der Waals surface area contributed by atoms with Crippen molar-refractivity contribution in [1.29, 1.82) is 0 Å². The predicted molar refractivity (Wildman–Crippen MR) is 96.6 cm³/mol. The molecule has 5 heteroatoms. The molecule has 0 N–H and O–H groups in total. The fourth-order valence-corrected chi connectivity index (χ4v) is 3.49. The first-order valence-electron chi connectivity index (χ1n) is 7.70. The summed E-state index contributed by atoms with van der Waals surface area (Å²) in [6, 6.07) is 17.1. The number of nitrogens with zero attached hydrogens (tertiary/aromatic N) is 2. The second-order valence-corrected chi connectivity index (χ2v) is 6.09. The van der Waals surface area contributed by atoms with Crippen LogP contribution in [-0.2, 0) is 5.75 Å². The molecular weight excluding hydrogens is 308 g/mol. The Hall–Kier alpha value is -2.14. The van der Waals surface area contributed by atoms with Gasteiger partial charge in [0.05, 0.1) is 4.92 Å². The van der Waals surface area contributed by atoms with Gasteiger partial charge in [-0.3, -0.25) is 10.1 Å². The molecular formula is C18H21N2O2S+. The van der Waals surface area contributed by atoms with E-state index in [1.165, 1.54) is 10.6 Å². The van der Waals surface area contributed by atoms with Gasteiger partial charge in [0, 0.05) is 36.4 Å². The molecule has 120 valence electrons. The van der Waals surface area contributed by atoms with Gasteiger partial charge in [-0.15, -0.1) is 0 Å². The van der Waals surface area contributed by atoms with Crippen LogP contribution in [-0.4, -0.2) is 21.1 Å². The van der Waals surface area contributed by atoms with Gasteiger partial charge in [-0.25, -0.2) is 0 Å². The van der Waals surface area contributed by atoms with E-state index in [1.807, 2.05) is 30.0 Å². The highest BCUT2D eigenvalue weighted by Gasteiger charge is 2.17. The fraction of sp³-hybridized carbons (Fsp3) is 0.278. The van der Waals surface area contributed by atoms with Crippen molar-refractivity contribution in [3.8, 4) is 0 Å². The Kier molecular flexibility index (Phi) is 6.35. The number of rotatable bonds is 6. The summed E-state index contributed by atoms with van der Waals surface area (Å²) in [6.07, 6.45) is 0.933. The van der Waals surface area contributed by atoms with Crippen molar-refractivity contribution in [1.82, 2.24) is 0 Å². The Morgan fingerprint density at radius 3 is 2.13 bits per heavy atom. The molecule has 0 aliphatic carbocycles. The monoisotopic (exact) mass is 329 g/mol. The van der Waals surface area contributed by atoms with Crippen molar-refractivity contribution >= 4 is 28.2 Å². The van der Waals surface area contributed by atoms with Crippen molar-refractivity contribution in [2.75, 3.05) is 6.54 Å². The fourth-order valence-electron chi connectivity index (χ4n) is 2.37. The van der Waals surface area contributed by atoms with Crippen LogP contribution < -0.4 is 0 Å². The molecule has 0 atom stereocenters. The van der Waals surface area contributed by atoms with Crippen LogP contribution in [0.3, 0.4) is 0 Å². The van der Waals surface area contributed by atoms with E-state index >= 15 is 0 Å². The van der Waals surface area contributed by atoms with Gasteiger partial charge in [0.25, 0.3) is 5.69 Å². The number of nitro benzene ring substituents is 1. The minimum absolute atomic E-state index is 0.125. The molecule has 0 heterocycles. The highest BCUT2D eigenvalue weighted by atomic mass is 32.2. The van der Waals surface area contributed by atoms with Crippen LogP contribution in [0.15, 0.2) is 54.6 Å². The van der Waals surface area contributed by atoms with Crippen LogP contribution in [0.1, 0.15) is 25.8 Å². The molecule has 0 amide bonds. The van der Waals surface area contributed by atoms with E-state index in [9.17, 15) is 10.1 Å². The van der Waals surface area contributed by atoms with Gasteiger partial charge >= 0.3 is 0 Å². The van der Waals surface area contributed by atoms with Crippen LogP contribution in [0.2, 0.25) is 0 Å². The molecule has 0 aliphatic heterocycles. The number of hydrogen-bond donors (Lipinski definition) is 0. The average Bonchev–Trinajstić information content (AvgIpc) is 2.59. The number of non-ortho nitro benzene ring substituents is 1. The van der Waals surface area contributed by atoms with Crippen molar-refractivity contribution in [2.45, 2.75) is 26.0 Å². The minimum atomic E-state index is -0.366. The van der Waals surface area contributed by atoms with Gasteiger partial charge in [-0.2, -0.15) is 4.58 Å². The Morgan fingerprint density at radius 1 is 1.00 bits per heavy atom. The Bertz CT molecular complexity index is 682. The lowest BCUT2D eigenvalue weighted by Crippen LogP contribution is -2.14. The van der Waals surface area contributed by atoms with Gasteiger partial charge in [0.15, 0.2) is 0 Å². The Balaban J connectivity index is 2.22. The molecule has 0 saturated carbocycles. The zero-order valence-corrected chi connectivity index (χ0v) is 14.3. The molecule has 0 radical (unpaired) electrons. The molecule has 2 aromatic carbocycles. The first-order chi connectivity index (χ1) is 11.2. The number of hydrogen-bond acceptors (Lipinski definition) is 3. The third-order valence-electron chi connectivity index (χ3n) is 3.54. The van der Waals surface area contributed by atoms with Gasteiger partial charge in [0.2, 0.25) is 10.7 Å². The molecule has 0 bridgehead atoms. The highest BCUT2D eigenvalue weighted by molar-refractivity contribution is 8.13. The highest BCUT2D eigenvalue weighted by Crippen LogP contribution is 2.22. The molecule has 23 heavy (non-hydrogen) atoms. The molecule has 0 saturated heterocycles. The standard InChI is InChI=1S/C18H21N2O2S/c1-3-18(23-14-15-8-6-5-7-9-15)19(4-2)16-10-12-17(13-11-16)20(21)22/h5-13H,3-4,14H2,1-2H3/q+1. The van der Waals surface area contributed by atoms with Gasteiger partial charge in [-0.1, -0.05) is 49.0 Å². The summed E-state index contributed by atoms with van der Waals surface area (Å²) in [6.45, 7) is 5.07. The molecule has 0 unspecified atom stereocenters. The zero-order valence-electron chi connectivity index (χ0n) is 13.4. The summed E-state index contributed by atoms with van der Waals surface area (Å²) >= 11 is 1.82. The third kappa shape index (κ3) is 4.66. The smallest absolute Gasteiger partial charge is 0.258 e. The number of benzene rings is 2. The van der Waals surface area contributed by atoms with Crippen molar-refractivity contribution in [3.05, 3.63) is 70.3 Å². The van der Waals surface area contributed by atoms with Crippen LogP contribution >= 0.6 is 11.8 Å². The minimum Gasteiger partial charge on any atom is -0.258 e. The Labute approximate surface area is 141 Å². The Morgan fingerprint density at radius 2 is 1.61 bits per heavy atom. The first-order valence-corrected chi connectivity index (χ1v) is 8.68. The van der Waals surface area contributed by atoms with E-state index in [1.54, 1.807) is 12.1 Å². The number of nitro groups is 1. The van der Waals surface area contributed by atoms with Crippen molar-refractivity contribution in [3.63, 3.8) is 0 Å². The van der Waals surface area contributed by atoms with Crippen molar-refractivity contribution < 1.29 is 9.50 Å². The van der Waals surface area contributed by atoms with Crippen LogP contribution in [0.25, 0.3) is 0 Å². The average molecular weight is 329 g/mol. The SMILES string of the molecule is CCC(SCc1ccccc1)=[N+](CC)c1ccc([N+](=O)[O-])cc1. The summed E-state index contributed by atoms with van der Waals surface area (Å²) < 4.78 is 2.22. The van der Waals surface area contributed by atoms with Gasteiger partial charge < -0.3 is 0 Å². The largest absolute Gasteiger partial charge is 0.269 e. The van der Waals surface area contributed by atoms with E-state index in [0.29, 0.717) is 0 Å². The lowest BCUT2D eigenvalue weighted by Gasteiger charge is -2.07. The lowest BCUT2D eigenvalue weighted by molar-refractivity contribution is -0.434. The summed E-state index contributed by atoms with van der Waals surface area (Å²) in [5, 5.41) is 12.1. The van der Waals surface area contributed by atoms with E-state index in [2.05, 4.69) is 42.7 Å². The summed E-state index contributed by atoms with van der Waals surface area (Å²) in [5.41, 5.74) is 2.42. The summed E-state index contributed by atoms with van der Waals surface area (Å²) in [7, 11) is 0. The molecule has 0 aliphatic rings. The molecule has 0 spiro atoms. The van der Waals surface area contributed by atoms with Crippen LogP contribution in [0, 0.1) is 10.1 Å². The molecule has 2 aromatic rings.